The van der Waals surface area contributed by atoms with Crippen LogP contribution >= 0.6 is 12.4 Å². The first-order valence-electron chi connectivity index (χ1n) is 7.74. The van der Waals surface area contributed by atoms with Crippen LogP contribution in [0, 0.1) is 0 Å². The first-order valence-corrected chi connectivity index (χ1v) is 9.40. The summed E-state index contributed by atoms with van der Waals surface area (Å²) in [4.78, 5) is 11.8. The van der Waals surface area contributed by atoms with Gasteiger partial charge in [-0.15, -0.1) is 12.4 Å². The lowest BCUT2D eigenvalue weighted by Crippen LogP contribution is -2.52. The van der Waals surface area contributed by atoms with Crippen molar-refractivity contribution in [2.24, 2.45) is 0 Å². The summed E-state index contributed by atoms with van der Waals surface area (Å²) >= 11 is 0. The van der Waals surface area contributed by atoms with Crippen molar-refractivity contribution in [3.8, 4) is 0 Å². The SMILES string of the molecule is Cl.O=C(NCCS(=O)(=O)NCC1CCCCO1)C1COCCN1. The number of carbonyl (C=O) groups is 1. The zero-order valence-electron chi connectivity index (χ0n) is 13.1. The molecular formula is C13H26ClN3O5S. The monoisotopic (exact) mass is 371 g/mol. The van der Waals surface area contributed by atoms with E-state index in [0.717, 1.165) is 19.3 Å². The van der Waals surface area contributed by atoms with E-state index in [-0.39, 0.29) is 36.7 Å². The number of amides is 1. The van der Waals surface area contributed by atoms with Crippen molar-refractivity contribution < 1.29 is 22.7 Å². The lowest BCUT2D eigenvalue weighted by atomic mass is 10.1. The molecule has 136 valence electrons. The Morgan fingerprint density at radius 1 is 1.26 bits per heavy atom. The molecule has 10 heteroatoms. The molecule has 0 aromatic heterocycles. The maximum absolute atomic E-state index is 11.9. The maximum Gasteiger partial charge on any atom is 0.239 e. The number of hydrogen-bond donors (Lipinski definition) is 3. The fourth-order valence-corrected chi connectivity index (χ4v) is 3.38. The Kier molecular flexibility index (Phi) is 9.33. The molecule has 8 nitrogen and oxygen atoms in total. The molecule has 0 bridgehead atoms. The molecule has 2 unspecified atom stereocenters. The number of sulfonamides is 1. The van der Waals surface area contributed by atoms with E-state index in [4.69, 9.17) is 9.47 Å². The predicted octanol–water partition coefficient (Wildman–Crippen LogP) is -0.999. The van der Waals surface area contributed by atoms with Gasteiger partial charge in [-0.05, 0) is 19.3 Å². The Morgan fingerprint density at radius 2 is 2.09 bits per heavy atom. The van der Waals surface area contributed by atoms with Gasteiger partial charge >= 0.3 is 0 Å². The summed E-state index contributed by atoms with van der Waals surface area (Å²) in [6.07, 6.45) is 2.95. The van der Waals surface area contributed by atoms with Crippen LogP contribution in [0.4, 0.5) is 0 Å². The second-order valence-electron chi connectivity index (χ2n) is 5.53. The highest BCUT2D eigenvalue weighted by atomic mass is 35.5. The van der Waals surface area contributed by atoms with E-state index < -0.39 is 16.1 Å². The molecule has 1 amide bonds. The average Bonchev–Trinajstić information content (AvgIpc) is 2.55. The molecular weight excluding hydrogens is 346 g/mol. The summed E-state index contributed by atoms with van der Waals surface area (Å²) in [6.45, 7) is 2.60. The van der Waals surface area contributed by atoms with Gasteiger partial charge in [0, 0.05) is 26.2 Å². The van der Waals surface area contributed by atoms with E-state index in [9.17, 15) is 13.2 Å². The van der Waals surface area contributed by atoms with Gasteiger partial charge in [-0.1, -0.05) is 0 Å². The van der Waals surface area contributed by atoms with Crippen LogP contribution in [-0.4, -0.2) is 71.7 Å². The van der Waals surface area contributed by atoms with Gasteiger partial charge in [0.1, 0.15) is 6.04 Å². The summed E-state index contributed by atoms with van der Waals surface area (Å²) in [5.74, 6) is -0.371. The van der Waals surface area contributed by atoms with Crippen LogP contribution in [0.15, 0.2) is 0 Å². The van der Waals surface area contributed by atoms with Crippen molar-refractivity contribution in [1.29, 1.82) is 0 Å². The van der Waals surface area contributed by atoms with E-state index in [2.05, 4.69) is 15.4 Å². The molecule has 2 rings (SSSR count). The predicted molar refractivity (Wildman–Crippen MR) is 88.2 cm³/mol. The van der Waals surface area contributed by atoms with Crippen molar-refractivity contribution in [3.63, 3.8) is 0 Å². The first kappa shape index (κ1) is 20.6. The third kappa shape index (κ3) is 7.77. The third-order valence-corrected chi connectivity index (χ3v) is 5.06. The minimum absolute atomic E-state index is 0. The minimum Gasteiger partial charge on any atom is -0.378 e. The van der Waals surface area contributed by atoms with Crippen molar-refractivity contribution in [2.75, 3.05) is 45.2 Å². The van der Waals surface area contributed by atoms with E-state index in [0.29, 0.717) is 32.9 Å². The van der Waals surface area contributed by atoms with E-state index in [1.807, 2.05) is 0 Å². The fraction of sp³-hybridized carbons (Fsp3) is 0.923. The number of halogens is 1. The highest BCUT2D eigenvalue weighted by molar-refractivity contribution is 7.89. The van der Waals surface area contributed by atoms with Crippen LogP contribution in [0.25, 0.3) is 0 Å². The number of rotatable bonds is 7. The molecule has 2 heterocycles. The molecule has 3 N–H and O–H groups in total. The Morgan fingerprint density at radius 3 is 2.74 bits per heavy atom. The van der Waals surface area contributed by atoms with Crippen LogP contribution in [0.5, 0.6) is 0 Å². The zero-order valence-corrected chi connectivity index (χ0v) is 14.7. The normalized spacial score (nSPS) is 25.4. The van der Waals surface area contributed by atoms with Crippen molar-refractivity contribution in [3.05, 3.63) is 0 Å². The van der Waals surface area contributed by atoms with Gasteiger partial charge in [0.15, 0.2) is 0 Å². The average molecular weight is 372 g/mol. The summed E-state index contributed by atoms with van der Waals surface area (Å²) in [5, 5.41) is 5.63. The van der Waals surface area contributed by atoms with Gasteiger partial charge in [0.25, 0.3) is 0 Å². The second-order valence-corrected chi connectivity index (χ2v) is 7.45. The number of hydrogen-bond acceptors (Lipinski definition) is 6. The van der Waals surface area contributed by atoms with Crippen LogP contribution < -0.4 is 15.4 Å². The smallest absolute Gasteiger partial charge is 0.239 e. The molecule has 0 saturated carbocycles. The summed E-state index contributed by atoms with van der Waals surface area (Å²) < 4.78 is 36.9. The van der Waals surface area contributed by atoms with Gasteiger partial charge < -0.3 is 20.1 Å². The van der Waals surface area contributed by atoms with Crippen LogP contribution in [0.2, 0.25) is 0 Å². The second kappa shape index (κ2) is 10.4. The Balaban J connectivity index is 0.00000264. The lowest BCUT2D eigenvalue weighted by Gasteiger charge is -2.23. The van der Waals surface area contributed by atoms with Crippen LogP contribution in [0.3, 0.4) is 0 Å². The standard InChI is InChI=1S/C13H25N3O5S.ClH/c17-13(12-10-20-7-4-14-12)15-5-8-22(18,19)16-9-11-3-1-2-6-21-11;/h11-12,14,16H,1-10H2,(H,15,17);1H. The quantitative estimate of drug-likeness (QED) is 0.530. The van der Waals surface area contributed by atoms with Gasteiger partial charge in [-0.3, -0.25) is 4.79 Å². The number of morpholine rings is 1. The van der Waals surface area contributed by atoms with E-state index >= 15 is 0 Å². The molecule has 2 atom stereocenters. The molecule has 2 aliphatic rings. The lowest BCUT2D eigenvalue weighted by molar-refractivity contribution is -0.125. The molecule has 0 aliphatic carbocycles. The zero-order chi connectivity index (χ0) is 15.8. The molecule has 0 aromatic rings. The highest BCUT2D eigenvalue weighted by Crippen LogP contribution is 2.11. The topological polar surface area (TPSA) is 106 Å². The number of carbonyl (C=O) groups excluding carboxylic acids is 1. The molecule has 2 fully saturated rings. The first-order chi connectivity index (χ1) is 10.6. The highest BCUT2D eigenvalue weighted by Gasteiger charge is 2.22. The van der Waals surface area contributed by atoms with Gasteiger partial charge in [-0.2, -0.15) is 0 Å². The minimum atomic E-state index is -3.40. The maximum atomic E-state index is 11.9. The summed E-state index contributed by atoms with van der Waals surface area (Å²) in [5.41, 5.74) is 0. The number of ether oxygens (including phenoxy) is 2. The Labute approximate surface area is 143 Å². The number of nitrogens with one attached hydrogen (secondary N) is 3. The summed E-state index contributed by atoms with van der Waals surface area (Å²) in [6, 6.07) is -0.403. The van der Waals surface area contributed by atoms with Crippen LogP contribution in [0.1, 0.15) is 19.3 Å². The largest absolute Gasteiger partial charge is 0.378 e. The Bertz CT molecular complexity index is 451. The van der Waals surface area contributed by atoms with E-state index in [1.165, 1.54) is 0 Å². The Hall–Kier alpha value is -0.450. The van der Waals surface area contributed by atoms with Gasteiger partial charge in [0.05, 0.1) is 25.1 Å². The summed E-state index contributed by atoms with van der Waals surface area (Å²) in [7, 11) is -3.40. The van der Waals surface area contributed by atoms with Crippen molar-refractivity contribution in [2.45, 2.75) is 31.4 Å². The molecule has 23 heavy (non-hydrogen) atoms. The van der Waals surface area contributed by atoms with Gasteiger partial charge in [0.2, 0.25) is 15.9 Å². The van der Waals surface area contributed by atoms with Crippen molar-refractivity contribution in [1.82, 2.24) is 15.4 Å². The van der Waals surface area contributed by atoms with Gasteiger partial charge in [-0.25, -0.2) is 13.1 Å². The van der Waals surface area contributed by atoms with Crippen LogP contribution in [-0.2, 0) is 24.3 Å². The molecule has 0 radical (unpaired) electrons. The molecule has 0 spiro atoms. The molecule has 2 saturated heterocycles. The fourth-order valence-electron chi connectivity index (χ4n) is 2.43. The molecule has 2 aliphatic heterocycles. The van der Waals surface area contributed by atoms with E-state index in [1.54, 1.807) is 0 Å². The van der Waals surface area contributed by atoms with Crippen molar-refractivity contribution >= 4 is 28.3 Å². The molecule has 0 aromatic carbocycles. The third-order valence-electron chi connectivity index (χ3n) is 3.71.